The molecule has 3 heterocycles. The van der Waals surface area contributed by atoms with Crippen molar-refractivity contribution in [2.24, 2.45) is 5.92 Å². The van der Waals surface area contributed by atoms with Gasteiger partial charge in [0.1, 0.15) is 0 Å². The van der Waals surface area contributed by atoms with E-state index in [2.05, 4.69) is 15.1 Å². The first kappa shape index (κ1) is 19.4. The third-order valence-electron chi connectivity index (χ3n) is 6.28. The molecule has 0 spiro atoms. The summed E-state index contributed by atoms with van der Waals surface area (Å²) in [4.78, 5) is 15.3. The predicted octanol–water partition coefficient (Wildman–Crippen LogP) is 4.80. The van der Waals surface area contributed by atoms with Crippen LogP contribution >= 0.6 is 11.8 Å². The smallest absolute Gasteiger partial charge is 0.233 e. The predicted molar refractivity (Wildman–Crippen MR) is 116 cm³/mol. The second-order valence-corrected chi connectivity index (χ2v) is 9.03. The van der Waals surface area contributed by atoms with Gasteiger partial charge in [-0.3, -0.25) is 9.36 Å². The van der Waals surface area contributed by atoms with Gasteiger partial charge in [-0.15, -0.1) is 10.2 Å². The molecule has 2 aliphatic rings. The number of hydrogen-bond donors (Lipinski definition) is 0. The number of para-hydroxylation sites is 1. The average molecular weight is 423 g/mol. The summed E-state index contributed by atoms with van der Waals surface area (Å²) in [7, 11) is 0. The third kappa shape index (κ3) is 3.78. The Bertz CT molecular complexity index is 984. The number of carbonyl (C=O) groups excluding carboxylic acids is 1. The number of likely N-dealkylation sites (tertiary alicyclic amines) is 1. The van der Waals surface area contributed by atoms with Crippen LogP contribution in [0.4, 0.5) is 0 Å². The molecule has 3 aromatic rings. The van der Waals surface area contributed by atoms with Gasteiger partial charge in [0.2, 0.25) is 11.7 Å². The molecular formula is C23H26N4O2S. The van der Waals surface area contributed by atoms with Crippen molar-refractivity contribution in [1.29, 1.82) is 0 Å². The average Bonchev–Trinajstić information content (AvgIpc) is 3.47. The molecule has 0 unspecified atom stereocenters. The number of nitrogens with zero attached hydrogens (tertiary/aromatic N) is 4. The molecule has 2 aromatic heterocycles. The van der Waals surface area contributed by atoms with Crippen LogP contribution in [0.25, 0.3) is 17.3 Å². The number of carbonyl (C=O) groups is 1. The molecule has 2 atom stereocenters. The maximum absolute atomic E-state index is 13.1. The van der Waals surface area contributed by atoms with Gasteiger partial charge in [-0.05, 0) is 55.9 Å². The lowest BCUT2D eigenvalue weighted by Gasteiger charge is -2.44. The van der Waals surface area contributed by atoms with Crippen LogP contribution in [0.2, 0.25) is 0 Å². The molecule has 1 amide bonds. The summed E-state index contributed by atoms with van der Waals surface area (Å²) in [6, 6.07) is 14.1. The molecule has 0 radical (unpaired) electrons. The van der Waals surface area contributed by atoms with E-state index in [1.54, 1.807) is 6.26 Å². The van der Waals surface area contributed by atoms with Gasteiger partial charge in [0, 0.05) is 18.3 Å². The zero-order valence-corrected chi connectivity index (χ0v) is 17.8. The number of hydrogen-bond acceptors (Lipinski definition) is 5. The molecule has 1 aliphatic carbocycles. The normalized spacial score (nSPS) is 21.4. The largest absolute Gasteiger partial charge is 0.461 e. The molecule has 1 saturated heterocycles. The number of benzene rings is 1. The van der Waals surface area contributed by atoms with Crippen molar-refractivity contribution in [2.45, 2.75) is 49.7 Å². The van der Waals surface area contributed by atoms with E-state index in [-0.39, 0.29) is 5.91 Å². The molecular weight excluding hydrogens is 396 g/mol. The number of rotatable bonds is 5. The maximum Gasteiger partial charge on any atom is 0.233 e. The molecule has 1 aliphatic heterocycles. The number of piperidine rings is 1. The first-order valence-corrected chi connectivity index (χ1v) is 11.8. The van der Waals surface area contributed by atoms with Crippen molar-refractivity contribution in [3.8, 4) is 17.3 Å². The van der Waals surface area contributed by atoms with Crippen molar-refractivity contribution in [3.63, 3.8) is 0 Å². The Balaban J connectivity index is 1.37. The Labute approximate surface area is 180 Å². The van der Waals surface area contributed by atoms with Gasteiger partial charge in [-0.1, -0.05) is 42.8 Å². The van der Waals surface area contributed by atoms with E-state index in [9.17, 15) is 4.79 Å². The maximum atomic E-state index is 13.1. The highest BCUT2D eigenvalue weighted by atomic mass is 32.2. The van der Waals surface area contributed by atoms with Crippen molar-refractivity contribution in [1.82, 2.24) is 19.7 Å². The summed E-state index contributed by atoms with van der Waals surface area (Å²) >= 11 is 1.46. The van der Waals surface area contributed by atoms with E-state index < -0.39 is 0 Å². The Kier molecular flexibility index (Phi) is 5.62. The SMILES string of the molecule is O=C(CSc1nnc(-c2ccco2)n1-c1ccccc1)N1CCC[C@H]2CCCC[C@@H]21. The summed E-state index contributed by atoms with van der Waals surface area (Å²) in [5.74, 6) is 2.60. The molecule has 30 heavy (non-hydrogen) atoms. The van der Waals surface area contributed by atoms with Gasteiger partial charge in [0.15, 0.2) is 10.9 Å². The van der Waals surface area contributed by atoms with Crippen molar-refractivity contribution in [3.05, 3.63) is 48.7 Å². The zero-order chi connectivity index (χ0) is 20.3. The van der Waals surface area contributed by atoms with Crippen molar-refractivity contribution in [2.75, 3.05) is 12.3 Å². The molecule has 0 N–H and O–H groups in total. The van der Waals surface area contributed by atoms with Gasteiger partial charge in [-0.25, -0.2) is 0 Å². The Hall–Kier alpha value is -2.54. The molecule has 6 nitrogen and oxygen atoms in total. The minimum Gasteiger partial charge on any atom is -0.461 e. The van der Waals surface area contributed by atoms with Gasteiger partial charge < -0.3 is 9.32 Å². The van der Waals surface area contributed by atoms with Crippen LogP contribution in [-0.4, -0.2) is 43.9 Å². The zero-order valence-electron chi connectivity index (χ0n) is 16.9. The van der Waals surface area contributed by atoms with E-state index in [0.29, 0.717) is 34.5 Å². The first-order chi connectivity index (χ1) is 14.8. The van der Waals surface area contributed by atoms with Crippen LogP contribution in [0.15, 0.2) is 58.3 Å². The van der Waals surface area contributed by atoms with Crippen LogP contribution in [-0.2, 0) is 4.79 Å². The van der Waals surface area contributed by atoms with E-state index in [0.717, 1.165) is 25.1 Å². The van der Waals surface area contributed by atoms with Crippen LogP contribution in [0, 0.1) is 5.92 Å². The third-order valence-corrected chi connectivity index (χ3v) is 7.19. The molecule has 1 aromatic carbocycles. The lowest BCUT2D eigenvalue weighted by atomic mass is 9.78. The second-order valence-electron chi connectivity index (χ2n) is 8.08. The van der Waals surface area contributed by atoms with E-state index in [1.165, 1.54) is 37.4 Å². The summed E-state index contributed by atoms with van der Waals surface area (Å²) in [6.45, 7) is 0.892. The van der Waals surface area contributed by atoms with Crippen molar-refractivity contribution < 1.29 is 9.21 Å². The minimum atomic E-state index is 0.221. The topological polar surface area (TPSA) is 64.2 Å². The van der Waals surface area contributed by atoms with Crippen LogP contribution in [0.1, 0.15) is 38.5 Å². The highest BCUT2D eigenvalue weighted by Gasteiger charge is 2.35. The second kappa shape index (κ2) is 8.68. The molecule has 2 fully saturated rings. The molecule has 7 heteroatoms. The fraction of sp³-hybridized carbons (Fsp3) is 0.435. The number of thioether (sulfide) groups is 1. The number of aromatic nitrogens is 3. The van der Waals surface area contributed by atoms with E-state index in [1.807, 2.05) is 47.0 Å². The highest BCUT2D eigenvalue weighted by molar-refractivity contribution is 7.99. The van der Waals surface area contributed by atoms with E-state index >= 15 is 0 Å². The van der Waals surface area contributed by atoms with E-state index in [4.69, 9.17) is 4.42 Å². The lowest BCUT2D eigenvalue weighted by molar-refractivity contribution is -0.134. The summed E-state index contributed by atoms with van der Waals surface area (Å²) in [5.41, 5.74) is 0.953. The molecule has 5 rings (SSSR count). The summed E-state index contributed by atoms with van der Waals surface area (Å²) in [6.07, 6.45) is 9.02. The summed E-state index contributed by atoms with van der Waals surface area (Å²) in [5, 5.41) is 9.46. The highest BCUT2D eigenvalue weighted by Crippen LogP contribution is 2.36. The quantitative estimate of drug-likeness (QED) is 0.553. The number of furan rings is 1. The molecule has 156 valence electrons. The van der Waals surface area contributed by atoms with Gasteiger partial charge >= 0.3 is 0 Å². The molecule has 0 bridgehead atoms. The lowest BCUT2D eigenvalue weighted by Crippen LogP contribution is -2.50. The minimum absolute atomic E-state index is 0.221. The first-order valence-electron chi connectivity index (χ1n) is 10.8. The number of fused-ring (bicyclic) bond motifs is 1. The van der Waals surface area contributed by atoms with Crippen LogP contribution < -0.4 is 0 Å². The fourth-order valence-corrected chi connectivity index (χ4v) is 5.72. The Morgan fingerprint density at radius 3 is 2.70 bits per heavy atom. The van der Waals surface area contributed by atoms with Crippen LogP contribution in [0.3, 0.4) is 0 Å². The van der Waals surface area contributed by atoms with Crippen LogP contribution in [0.5, 0.6) is 0 Å². The van der Waals surface area contributed by atoms with Gasteiger partial charge in [0.05, 0.1) is 12.0 Å². The van der Waals surface area contributed by atoms with Gasteiger partial charge in [-0.2, -0.15) is 0 Å². The van der Waals surface area contributed by atoms with Gasteiger partial charge in [0.25, 0.3) is 0 Å². The van der Waals surface area contributed by atoms with Crippen molar-refractivity contribution >= 4 is 17.7 Å². The Morgan fingerprint density at radius 2 is 1.87 bits per heavy atom. The number of amides is 1. The summed E-state index contributed by atoms with van der Waals surface area (Å²) < 4.78 is 7.54. The standard InChI is InChI=1S/C23H26N4O2S/c28-21(26-14-6-9-17-8-4-5-12-19(17)26)16-30-23-25-24-22(20-13-7-15-29-20)27(23)18-10-2-1-3-11-18/h1-3,7,10-11,13,15,17,19H,4-6,8-9,12,14,16H2/t17-,19+/m1/s1. The fourth-order valence-electron chi connectivity index (χ4n) is 4.88. The molecule has 1 saturated carbocycles. The monoisotopic (exact) mass is 422 g/mol. The Morgan fingerprint density at radius 1 is 1.03 bits per heavy atom.